The minimum atomic E-state index is -3.76. The molecule has 0 aromatic heterocycles. The van der Waals surface area contributed by atoms with Crippen LogP contribution in [0, 0.1) is 3.57 Å². The maximum absolute atomic E-state index is 13.5. The zero-order valence-electron chi connectivity index (χ0n) is 19.2. The van der Waals surface area contributed by atoms with Gasteiger partial charge in [-0.15, -0.1) is 0 Å². The van der Waals surface area contributed by atoms with Crippen LogP contribution in [0.15, 0.2) is 42.5 Å². The third-order valence-corrected chi connectivity index (χ3v) is 7.73. The van der Waals surface area contributed by atoms with Crippen molar-refractivity contribution in [2.45, 2.75) is 39.3 Å². The molecule has 7 nitrogen and oxygen atoms in total. The van der Waals surface area contributed by atoms with Gasteiger partial charge in [0.2, 0.25) is 21.8 Å². The van der Waals surface area contributed by atoms with Crippen molar-refractivity contribution in [3.8, 4) is 0 Å². The van der Waals surface area contributed by atoms with Gasteiger partial charge in [-0.3, -0.25) is 13.9 Å². The highest BCUT2D eigenvalue weighted by Gasteiger charge is 2.30. The van der Waals surface area contributed by atoms with Crippen LogP contribution in [-0.4, -0.2) is 50.5 Å². The number of amides is 2. The highest BCUT2D eigenvalue weighted by molar-refractivity contribution is 14.1. The third kappa shape index (κ3) is 8.28. The fourth-order valence-corrected chi connectivity index (χ4v) is 4.70. The molecule has 0 aliphatic carbocycles. The Kier molecular flexibility index (Phi) is 10.9. The number of unbranched alkanes of at least 4 members (excludes halogenated alkanes) is 1. The number of hydrogen-bond donors (Lipinski definition) is 1. The van der Waals surface area contributed by atoms with E-state index in [0.29, 0.717) is 27.8 Å². The van der Waals surface area contributed by atoms with E-state index in [9.17, 15) is 18.0 Å². The number of carbonyl (C=O) groups is 2. The van der Waals surface area contributed by atoms with E-state index in [0.717, 1.165) is 27.0 Å². The normalized spacial score (nSPS) is 12.2. The van der Waals surface area contributed by atoms with Crippen LogP contribution in [-0.2, 0) is 26.2 Å². The SMILES string of the molecule is CCCCNC(=O)[C@@H](C)N(Cc1ccc(Cl)c(Cl)c1)C(=O)CN(c1ccc(I)cc1)S(C)(=O)=O. The van der Waals surface area contributed by atoms with Crippen LogP contribution < -0.4 is 9.62 Å². The molecule has 0 aliphatic heterocycles. The number of carbonyl (C=O) groups excluding carboxylic acids is 2. The minimum Gasteiger partial charge on any atom is -0.354 e. The third-order valence-electron chi connectivity index (χ3n) is 5.13. The largest absolute Gasteiger partial charge is 0.354 e. The number of nitrogens with zero attached hydrogens (tertiary/aromatic N) is 2. The van der Waals surface area contributed by atoms with Gasteiger partial charge in [0.1, 0.15) is 12.6 Å². The summed E-state index contributed by atoms with van der Waals surface area (Å²) < 4.78 is 27.0. The van der Waals surface area contributed by atoms with Crippen LogP contribution in [0.5, 0.6) is 0 Å². The number of sulfonamides is 1. The van der Waals surface area contributed by atoms with Gasteiger partial charge in [0.05, 0.1) is 22.0 Å². The Morgan fingerprint density at radius 2 is 1.74 bits per heavy atom. The molecule has 0 radical (unpaired) electrons. The van der Waals surface area contributed by atoms with E-state index in [1.54, 1.807) is 49.4 Å². The molecule has 186 valence electrons. The summed E-state index contributed by atoms with van der Waals surface area (Å²) in [5.41, 5.74) is 1.03. The molecule has 34 heavy (non-hydrogen) atoms. The first kappa shape index (κ1) is 28.7. The molecule has 0 saturated carbocycles. The lowest BCUT2D eigenvalue weighted by Crippen LogP contribution is -2.51. The lowest BCUT2D eigenvalue weighted by Gasteiger charge is -2.31. The van der Waals surface area contributed by atoms with E-state index < -0.39 is 28.5 Å². The van der Waals surface area contributed by atoms with Crippen molar-refractivity contribution >= 4 is 73.3 Å². The molecule has 2 aromatic rings. The van der Waals surface area contributed by atoms with Gasteiger partial charge in [-0.2, -0.15) is 0 Å². The monoisotopic (exact) mass is 639 g/mol. The van der Waals surface area contributed by atoms with Crippen molar-refractivity contribution in [2.75, 3.05) is 23.7 Å². The van der Waals surface area contributed by atoms with E-state index in [-0.39, 0.29) is 12.5 Å². The summed E-state index contributed by atoms with van der Waals surface area (Å²) in [7, 11) is -3.76. The number of nitrogens with one attached hydrogen (secondary N) is 1. The van der Waals surface area contributed by atoms with Crippen molar-refractivity contribution < 1.29 is 18.0 Å². The van der Waals surface area contributed by atoms with Crippen LogP contribution in [0.1, 0.15) is 32.3 Å². The smallest absolute Gasteiger partial charge is 0.244 e. The van der Waals surface area contributed by atoms with Crippen LogP contribution in [0.2, 0.25) is 10.0 Å². The Morgan fingerprint density at radius 3 is 2.29 bits per heavy atom. The lowest BCUT2D eigenvalue weighted by atomic mass is 10.1. The van der Waals surface area contributed by atoms with Crippen molar-refractivity contribution in [3.63, 3.8) is 0 Å². The van der Waals surface area contributed by atoms with Gasteiger partial charge in [-0.25, -0.2) is 8.42 Å². The zero-order valence-corrected chi connectivity index (χ0v) is 23.7. The number of halogens is 3. The van der Waals surface area contributed by atoms with Crippen molar-refractivity contribution in [1.29, 1.82) is 0 Å². The highest BCUT2D eigenvalue weighted by atomic mass is 127. The Balaban J connectivity index is 2.36. The first-order chi connectivity index (χ1) is 15.9. The molecule has 1 atom stereocenters. The maximum Gasteiger partial charge on any atom is 0.244 e. The van der Waals surface area contributed by atoms with Gasteiger partial charge in [0, 0.05) is 16.7 Å². The molecule has 0 fully saturated rings. The first-order valence-corrected chi connectivity index (χ1v) is 14.4. The van der Waals surface area contributed by atoms with E-state index in [4.69, 9.17) is 23.2 Å². The fourth-order valence-electron chi connectivity index (χ4n) is 3.17. The molecule has 0 saturated heterocycles. The van der Waals surface area contributed by atoms with Gasteiger partial charge in [-0.05, 0) is 77.9 Å². The zero-order chi connectivity index (χ0) is 25.5. The lowest BCUT2D eigenvalue weighted by molar-refractivity contribution is -0.139. The summed E-state index contributed by atoms with van der Waals surface area (Å²) in [6, 6.07) is 10.9. The Labute approximate surface area is 225 Å². The second-order valence-corrected chi connectivity index (χ2v) is 11.8. The number of anilines is 1. The predicted octanol–water partition coefficient (Wildman–Crippen LogP) is 4.70. The van der Waals surface area contributed by atoms with E-state index >= 15 is 0 Å². The predicted molar refractivity (Wildman–Crippen MR) is 146 cm³/mol. The van der Waals surface area contributed by atoms with Gasteiger partial charge in [-0.1, -0.05) is 42.6 Å². The molecule has 0 bridgehead atoms. The number of hydrogen-bond acceptors (Lipinski definition) is 4. The van der Waals surface area contributed by atoms with E-state index in [1.807, 2.05) is 6.92 Å². The molecule has 11 heteroatoms. The molecule has 2 aromatic carbocycles. The molecule has 0 heterocycles. The molecule has 2 rings (SSSR count). The van der Waals surface area contributed by atoms with Gasteiger partial charge >= 0.3 is 0 Å². The van der Waals surface area contributed by atoms with Crippen molar-refractivity contribution in [1.82, 2.24) is 10.2 Å². The molecular formula is C23H28Cl2IN3O4S. The fraction of sp³-hybridized carbons (Fsp3) is 0.391. The van der Waals surface area contributed by atoms with Crippen molar-refractivity contribution in [2.24, 2.45) is 0 Å². The summed E-state index contributed by atoms with van der Waals surface area (Å²) in [6.45, 7) is 3.73. The summed E-state index contributed by atoms with van der Waals surface area (Å²) in [6.07, 6.45) is 2.77. The van der Waals surface area contributed by atoms with E-state index in [1.165, 1.54) is 4.90 Å². The highest BCUT2D eigenvalue weighted by Crippen LogP contribution is 2.24. The van der Waals surface area contributed by atoms with Crippen LogP contribution in [0.25, 0.3) is 0 Å². The second kappa shape index (κ2) is 12.9. The van der Waals surface area contributed by atoms with Crippen molar-refractivity contribution in [3.05, 3.63) is 61.6 Å². The summed E-state index contributed by atoms with van der Waals surface area (Å²) in [5.74, 6) is -0.838. The van der Waals surface area contributed by atoms with Gasteiger partial charge < -0.3 is 10.2 Å². The number of benzene rings is 2. The van der Waals surface area contributed by atoms with Crippen LogP contribution in [0.4, 0.5) is 5.69 Å². The quantitative estimate of drug-likeness (QED) is 0.285. The molecule has 0 spiro atoms. The van der Waals surface area contributed by atoms with E-state index in [2.05, 4.69) is 27.9 Å². The molecule has 2 amide bonds. The van der Waals surface area contributed by atoms with Crippen LogP contribution in [0.3, 0.4) is 0 Å². The topological polar surface area (TPSA) is 86.8 Å². The number of rotatable bonds is 11. The second-order valence-electron chi connectivity index (χ2n) is 7.84. The standard InChI is InChI=1S/C23H28Cl2IN3O4S/c1-4-5-12-27-23(31)16(2)28(14-17-6-11-20(24)21(25)13-17)22(30)15-29(34(3,32)33)19-9-7-18(26)8-10-19/h6-11,13,16H,4-5,12,14-15H2,1-3H3,(H,27,31)/t16-/m1/s1. The Hall–Kier alpha value is -1.56. The molecule has 0 unspecified atom stereocenters. The molecule has 1 N–H and O–H groups in total. The Bertz CT molecular complexity index is 1110. The summed E-state index contributed by atoms with van der Waals surface area (Å²) >= 11 is 14.3. The van der Waals surface area contributed by atoms with Gasteiger partial charge in [0.25, 0.3) is 0 Å². The first-order valence-electron chi connectivity index (χ1n) is 10.7. The minimum absolute atomic E-state index is 0.0579. The Morgan fingerprint density at radius 1 is 1.09 bits per heavy atom. The van der Waals surface area contributed by atoms with Crippen LogP contribution >= 0.6 is 45.8 Å². The summed E-state index contributed by atoms with van der Waals surface area (Å²) in [4.78, 5) is 27.6. The maximum atomic E-state index is 13.5. The average molecular weight is 640 g/mol. The average Bonchev–Trinajstić information content (AvgIpc) is 2.77. The summed E-state index contributed by atoms with van der Waals surface area (Å²) in [5, 5.41) is 3.53. The molecular weight excluding hydrogens is 612 g/mol. The van der Waals surface area contributed by atoms with Gasteiger partial charge in [0.15, 0.2) is 0 Å². The molecule has 0 aliphatic rings.